The molecule has 0 aromatic rings. The van der Waals surface area contributed by atoms with Gasteiger partial charge in [0.05, 0.1) is 16.9 Å². The molecule has 21 heavy (non-hydrogen) atoms. The van der Waals surface area contributed by atoms with Crippen LogP contribution in [0.4, 0.5) is 0 Å². The van der Waals surface area contributed by atoms with E-state index >= 15 is 0 Å². The molecule has 5 rings (SSSR count). The van der Waals surface area contributed by atoms with Crippen LogP contribution >= 0.6 is 0 Å². The molecule has 0 aromatic heterocycles. The molecule has 2 saturated carbocycles. The van der Waals surface area contributed by atoms with Crippen molar-refractivity contribution in [1.82, 2.24) is 0 Å². The standard InChI is InChI=1S/C15H16O6/c1-5(2)7-8-11(16)19-9(7)10-13(3)14(8,18)4-6-15(13,21-6)12(17)20-10/h6-10,18H,1,4H2,2-3H3/t6-,7-,8-,9-,10+,13+,14+,15-/m0/s1. The third-order valence-electron chi connectivity index (χ3n) is 6.60. The van der Waals surface area contributed by atoms with Crippen LogP contribution in [-0.4, -0.2) is 46.6 Å². The normalized spacial score (nSPS) is 62.0. The van der Waals surface area contributed by atoms with Gasteiger partial charge in [-0.05, 0) is 13.8 Å². The highest BCUT2D eigenvalue weighted by atomic mass is 16.7. The summed E-state index contributed by atoms with van der Waals surface area (Å²) in [6, 6.07) is 0. The first-order valence-electron chi connectivity index (χ1n) is 7.26. The second-order valence-corrected chi connectivity index (χ2v) is 7.25. The molecule has 2 aliphatic carbocycles. The largest absolute Gasteiger partial charge is 0.457 e. The summed E-state index contributed by atoms with van der Waals surface area (Å²) in [5.74, 6) is -1.86. The fourth-order valence-electron chi connectivity index (χ4n) is 5.59. The molecule has 3 saturated heterocycles. The number of hydrogen-bond donors (Lipinski definition) is 1. The average Bonchev–Trinajstić information content (AvgIpc) is 2.86. The Bertz CT molecular complexity index is 642. The fraction of sp³-hybridized carbons (Fsp3) is 0.733. The summed E-state index contributed by atoms with van der Waals surface area (Å²) in [5, 5.41) is 11.4. The van der Waals surface area contributed by atoms with Crippen molar-refractivity contribution in [2.75, 3.05) is 0 Å². The summed E-state index contributed by atoms with van der Waals surface area (Å²) in [7, 11) is 0. The van der Waals surface area contributed by atoms with Crippen LogP contribution in [0.5, 0.6) is 0 Å². The minimum absolute atomic E-state index is 0.269. The van der Waals surface area contributed by atoms with E-state index in [4.69, 9.17) is 14.2 Å². The molecule has 1 N–H and O–H groups in total. The third kappa shape index (κ3) is 0.874. The van der Waals surface area contributed by atoms with Crippen LogP contribution in [0.25, 0.3) is 0 Å². The molecule has 2 bridgehead atoms. The van der Waals surface area contributed by atoms with E-state index in [1.807, 2.05) is 6.92 Å². The Morgan fingerprint density at radius 3 is 2.76 bits per heavy atom. The molecule has 3 heterocycles. The van der Waals surface area contributed by atoms with E-state index in [0.717, 1.165) is 5.57 Å². The first-order chi connectivity index (χ1) is 9.79. The summed E-state index contributed by atoms with van der Waals surface area (Å²) in [6.07, 6.45) is -1.34. The lowest BCUT2D eigenvalue weighted by Gasteiger charge is -2.51. The number of aliphatic hydroxyl groups is 1. The number of hydrogen-bond acceptors (Lipinski definition) is 6. The Labute approximate surface area is 121 Å². The maximum absolute atomic E-state index is 12.3. The lowest BCUT2D eigenvalue weighted by atomic mass is 9.53. The van der Waals surface area contributed by atoms with E-state index in [-0.39, 0.29) is 18.4 Å². The quantitative estimate of drug-likeness (QED) is 0.414. The van der Waals surface area contributed by atoms with E-state index < -0.39 is 46.7 Å². The van der Waals surface area contributed by atoms with Gasteiger partial charge in [0, 0.05) is 12.3 Å². The Kier molecular flexibility index (Phi) is 1.68. The van der Waals surface area contributed by atoms with Gasteiger partial charge in [-0.1, -0.05) is 12.2 Å². The minimum atomic E-state index is -1.35. The molecule has 6 nitrogen and oxygen atoms in total. The third-order valence-corrected chi connectivity index (χ3v) is 6.60. The van der Waals surface area contributed by atoms with Gasteiger partial charge in [0.2, 0.25) is 5.60 Å². The number of esters is 2. The predicted molar refractivity (Wildman–Crippen MR) is 66.8 cm³/mol. The van der Waals surface area contributed by atoms with Crippen molar-refractivity contribution in [1.29, 1.82) is 0 Å². The lowest BCUT2D eigenvalue weighted by Crippen LogP contribution is -2.66. The summed E-state index contributed by atoms with van der Waals surface area (Å²) >= 11 is 0. The Morgan fingerprint density at radius 2 is 2.10 bits per heavy atom. The van der Waals surface area contributed by atoms with E-state index in [2.05, 4.69) is 6.58 Å². The number of carbonyl (C=O) groups is 2. The van der Waals surface area contributed by atoms with E-state index in [9.17, 15) is 14.7 Å². The molecule has 6 heteroatoms. The lowest BCUT2D eigenvalue weighted by molar-refractivity contribution is -0.195. The van der Waals surface area contributed by atoms with Crippen molar-refractivity contribution in [2.24, 2.45) is 17.3 Å². The number of carbonyl (C=O) groups excluding carboxylic acids is 2. The predicted octanol–water partition coefficient (Wildman–Crippen LogP) is -0.0620. The van der Waals surface area contributed by atoms with Crippen LogP contribution in [0.1, 0.15) is 20.3 Å². The molecule has 5 aliphatic rings. The van der Waals surface area contributed by atoms with Crippen LogP contribution in [0.3, 0.4) is 0 Å². The van der Waals surface area contributed by atoms with E-state index in [1.165, 1.54) is 0 Å². The monoisotopic (exact) mass is 292 g/mol. The minimum Gasteiger partial charge on any atom is -0.457 e. The second kappa shape index (κ2) is 2.90. The highest BCUT2D eigenvalue weighted by molar-refractivity contribution is 5.91. The maximum atomic E-state index is 12.3. The zero-order valence-corrected chi connectivity index (χ0v) is 11.8. The van der Waals surface area contributed by atoms with Crippen molar-refractivity contribution < 1.29 is 28.9 Å². The molecule has 0 amide bonds. The Morgan fingerprint density at radius 1 is 1.38 bits per heavy atom. The number of fused-ring (bicyclic) bond motifs is 4. The first-order valence-corrected chi connectivity index (χ1v) is 7.26. The number of ether oxygens (including phenoxy) is 3. The van der Waals surface area contributed by atoms with Crippen LogP contribution in [0, 0.1) is 17.3 Å². The smallest absolute Gasteiger partial charge is 0.342 e. The van der Waals surface area contributed by atoms with E-state index in [0.29, 0.717) is 0 Å². The van der Waals surface area contributed by atoms with Gasteiger partial charge in [0.1, 0.15) is 12.2 Å². The van der Waals surface area contributed by atoms with Crippen LogP contribution in [0.2, 0.25) is 0 Å². The summed E-state index contributed by atoms with van der Waals surface area (Å²) in [6.45, 7) is 7.55. The molecular formula is C15H16O6. The van der Waals surface area contributed by atoms with Gasteiger partial charge in [-0.15, -0.1) is 0 Å². The SMILES string of the molecule is C=C(C)[C@@H]1[C@@H]2OC(=O)[C@H]1[C@]1(O)C[C@@H]3O[C@]34C(=O)O[C@H]2[C@]14C. The van der Waals surface area contributed by atoms with Crippen LogP contribution in [0.15, 0.2) is 12.2 Å². The van der Waals surface area contributed by atoms with Gasteiger partial charge in [0.15, 0.2) is 6.10 Å². The molecule has 8 atom stereocenters. The second-order valence-electron chi connectivity index (χ2n) is 7.25. The van der Waals surface area contributed by atoms with Gasteiger partial charge in [-0.2, -0.15) is 0 Å². The molecule has 1 spiro atoms. The molecule has 112 valence electrons. The van der Waals surface area contributed by atoms with Crippen molar-refractivity contribution >= 4 is 11.9 Å². The number of rotatable bonds is 1. The highest BCUT2D eigenvalue weighted by Crippen LogP contribution is 2.76. The highest BCUT2D eigenvalue weighted by Gasteiger charge is 2.95. The van der Waals surface area contributed by atoms with Crippen molar-refractivity contribution in [3.05, 3.63) is 12.2 Å². The fourth-order valence-corrected chi connectivity index (χ4v) is 5.59. The van der Waals surface area contributed by atoms with Crippen LogP contribution < -0.4 is 0 Å². The molecule has 0 unspecified atom stereocenters. The van der Waals surface area contributed by atoms with Crippen molar-refractivity contribution in [3.63, 3.8) is 0 Å². The van der Waals surface area contributed by atoms with Crippen molar-refractivity contribution in [2.45, 2.75) is 49.8 Å². The average molecular weight is 292 g/mol. The van der Waals surface area contributed by atoms with Gasteiger partial charge in [-0.3, -0.25) is 4.79 Å². The summed E-state index contributed by atoms with van der Waals surface area (Å²) in [4.78, 5) is 24.7. The first kappa shape index (κ1) is 12.2. The molecule has 0 aromatic carbocycles. The number of epoxide rings is 1. The Hall–Kier alpha value is -1.40. The topological polar surface area (TPSA) is 85.4 Å². The van der Waals surface area contributed by atoms with Crippen LogP contribution in [-0.2, 0) is 23.8 Å². The molecule has 3 aliphatic heterocycles. The molecule has 5 fully saturated rings. The molecular weight excluding hydrogens is 276 g/mol. The summed E-state index contributed by atoms with van der Waals surface area (Å²) < 4.78 is 16.6. The molecule has 0 radical (unpaired) electrons. The van der Waals surface area contributed by atoms with E-state index in [1.54, 1.807) is 6.92 Å². The zero-order valence-electron chi connectivity index (χ0n) is 11.8. The Balaban J connectivity index is 1.78. The van der Waals surface area contributed by atoms with Gasteiger partial charge >= 0.3 is 11.9 Å². The van der Waals surface area contributed by atoms with Gasteiger partial charge in [0.25, 0.3) is 0 Å². The van der Waals surface area contributed by atoms with Gasteiger partial charge < -0.3 is 19.3 Å². The maximum Gasteiger partial charge on any atom is 0.342 e. The summed E-state index contributed by atoms with van der Waals surface area (Å²) in [5.41, 5.74) is -2.60. The zero-order chi connectivity index (χ0) is 14.9. The van der Waals surface area contributed by atoms with Gasteiger partial charge in [-0.25, -0.2) is 4.79 Å². The van der Waals surface area contributed by atoms with Crippen molar-refractivity contribution in [3.8, 4) is 0 Å².